The van der Waals surface area contributed by atoms with E-state index in [-0.39, 0.29) is 11.8 Å². The molecule has 0 aliphatic carbocycles. The second-order valence-corrected chi connectivity index (χ2v) is 8.96. The Hall–Kier alpha value is -3.26. The SMILES string of the molecule is COc1ccc(-c2noc(C3=C(C)N(CC(C)C)C(=S)NC3c3ccc(C)cc3)n2)cc1F. The van der Waals surface area contributed by atoms with E-state index in [1.165, 1.54) is 18.7 Å². The Morgan fingerprint density at radius 2 is 1.91 bits per heavy atom. The van der Waals surface area contributed by atoms with E-state index >= 15 is 0 Å². The van der Waals surface area contributed by atoms with E-state index in [4.69, 9.17) is 21.5 Å². The van der Waals surface area contributed by atoms with Gasteiger partial charge in [0.05, 0.1) is 18.7 Å². The molecule has 172 valence electrons. The lowest BCUT2D eigenvalue weighted by atomic mass is 9.94. The fraction of sp³-hybridized carbons (Fsp3) is 0.320. The highest BCUT2D eigenvalue weighted by Gasteiger charge is 2.34. The number of nitrogens with zero attached hydrogens (tertiary/aromatic N) is 3. The summed E-state index contributed by atoms with van der Waals surface area (Å²) in [5.74, 6) is 0.750. The number of hydrogen-bond donors (Lipinski definition) is 1. The smallest absolute Gasteiger partial charge is 0.258 e. The lowest BCUT2D eigenvalue weighted by Gasteiger charge is -2.38. The molecule has 2 aromatic carbocycles. The van der Waals surface area contributed by atoms with E-state index in [0.717, 1.165) is 23.4 Å². The van der Waals surface area contributed by atoms with E-state index in [1.54, 1.807) is 12.1 Å². The number of methoxy groups -OCH3 is 1. The summed E-state index contributed by atoms with van der Waals surface area (Å²) in [4.78, 5) is 6.70. The first kappa shape index (κ1) is 22.9. The number of aryl methyl sites for hydroxylation is 1. The number of aromatic nitrogens is 2. The zero-order valence-electron chi connectivity index (χ0n) is 19.3. The number of benzene rings is 2. The highest BCUT2D eigenvalue weighted by atomic mass is 32.1. The van der Waals surface area contributed by atoms with E-state index in [2.05, 4.69) is 58.5 Å². The standard InChI is InChI=1S/C25H27FN4O2S/c1-14(2)13-30-16(4)21(22(27-25(30)33)17-8-6-15(3)7-9-17)24-28-23(29-32-24)18-10-11-20(31-5)19(26)12-18/h6-12,14,22H,13H2,1-5H3,(H,27,33). The largest absolute Gasteiger partial charge is 0.494 e. The molecule has 0 bridgehead atoms. The van der Waals surface area contributed by atoms with Gasteiger partial charge in [-0.1, -0.05) is 48.8 Å². The molecule has 1 unspecified atom stereocenters. The molecule has 4 rings (SSSR count). The van der Waals surface area contributed by atoms with Crippen LogP contribution in [0.3, 0.4) is 0 Å². The summed E-state index contributed by atoms with van der Waals surface area (Å²) >= 11 is 5.71. The van der Waals surface area contributed by atoms with Crippen LogP contribution in [0.1, 0.15) is 43.8 Å². The Morgan fingerprint density at radius 1 is 1.18 bits per heavy atom. The Balaban J connectivity index is 1.80. The third kappa shape index (κ3) is 4.61. The topological polar surface area (TPSA) is 63.4 Å². The number of hydrogen-bond acceptors (Lipinski definition) is 5. The molecule has 0 saturated heterocycles. The van der Waals surface area contributed by atoms with Crippen LogP contribution in [-0.2, 0) is 0 Å². The first-order valence-corrected chi connectivity index (χ1v) is 11.2. The lowest BCUT2D eigenvalue weighted by Crippen LogP contribution is -2.47. The van der Waals surface area contributed by atoms with E-state index < -0.39 is 5.82 Å². The molecule has 8 heteroatoms. The van der Waals surface area contributed by atoms with E-state index in [1.807, 2.05) is 13.8 Å². The number of ether oxygens (including phenoxy) is 1. The maximum absolute atomic E-state index is 14.2. The summed E-state index contributed by atoms with van der Waals surface area (Å²) in [6, 6.07) is 12.6. The van der Waals surface area contributed by atoms with Gasteiger partial charge in [-0.3, -0.25) is 0 Å². The van der Waals surface area contributed by atoms with Crippen molar-refractivity contribution in [3.8, 4) is 17.1 Å². The number of nitrogens with one attached hydrogen (secondary N) is 1. The summed E-state index contributed by atoms with van der Waals surface area (Å²) < 4.78 is 24.9. The van der Waals surface area contributed by atoms with Crippen molar-refractivity contribution >= 4 is 22.9 Å². The highest BCUT2D eigenvalue weighted by Crippen LogP contribution is 2.38. The predicted molar refractivity (Wildman–Crippen MR) is 130 cm³/mol. The molecule has 2 heterocycles. The molecule has 0 radical (unpaired) electrons. The summed E-state index contributed by atoms with van der Waals surface area (Å²) in [7, 11) is 1.43. The van der Waals surface area contributed by atoms with Gasteiger partial charge in [-0.2, -0.15) is 4.98 Å². The Labute approximate surface area is 198 Å². The zero-order chi connectivity index (χ0) is 23.7. The van der Waals surface area contributed by atoms with Crippen LogP contribution < -0.4 is 10.1 Å². The number of halogens is 1. The van der Waals surface area contributed by atoms with Crippen LogP contribution in [0.5, 0.6) is 5.75 Å². The molecule has 1 N–H and O–H groups in total. The molecular formula is C25H27FN4O2S. The van der Waals surface area contributed by atoms with Crippen LogP contribution >= 0.6 is 12.2 Å². The monoisotopic (exact) mass is 466 g/mol. The van der Waals surface area contributed by atoms with Crippen molar-refractivity contribution in [3.05, 3.63) is 71.0 Å². The van der Waals surface area contributed by atoms with Gasteiger partial charge in [0.25, 0.3) is 5.89 Å². The van der Waals surface area contributed by atoms with Gasteiger partial charge in [0.1, 0.15) is 0 Å². The third-order valence-corrected chi connectivity index (χ3v) is 5.96. The minimum absolute atomic E-state index is 0.162. The maximum atomic E-state index is 14.2. The molecule has 1 aliphatic heterocycles. The second kappa shape index (κ2) is 9.31. The van der Waals surface area contributed by atoms with Gasteiger partial charge in [0, 0.05) is 17.8 Å². The third-order valence-electron chi connectivity index (χ3n) is 5.62. The van der Waals surface area contributed by atoms with Crippen molar-refractivity contribution < 1.29 is 13.7 Å². The quantitative estimate of drug-likeness (QED) is 0.481. The molecule has 0 amide bonds. The second-order valence-electron chi connectivity index (χ2n) is 8.57. The molecule has 6 nitrogen and oxygen atoms in total. The zero-order valence-corrected chi connectivity index (χ0v) is 20.2. The van der Waals surface area contributed by atoms with Crippen LogP contribution in [0.15, 0.2) is 52.7 Å². The summed E-state index contributed by atoms with van der Waals surface area (Å²) in [6.45, 7) is 9.11. The molecular weight excluding hydrogens is 439 g/mol. The molecule has 33 heavy (non-hydrogen) atoms. The molecule has 1 aliphatic rings. The molecule has 1 aromatic heterocycles. The van der Waals surface area contributed by atoms with E-state index in [9.17, 15) is 4.39 Å². The Bertz CT molecular complexity index is 1200. The number of allylic oxidation sites excluding steroid dienone is 1. The normalized spacial score (nSPS) is 16.4. The summed E-state index contributed by atoms with van der Waals surface area (Å²) in [5, 5.41) is 8.25. The van der Waals surface area contributed by atoms with Gasteiger partial charge in [-0.25, -0.2) is 4.39 Å². The van der Waals surface area contributed by atoms with Crippen LogP contribution in [0.2, 0.25) is 0 Å². The average Bonchev–Trinajstić information content (AvgIpc) is 3.26. The summed E-state index contributed by atoms with van der Waals surface area (Å²) in [6.07, 6.45) is 0. The average molecular weight is 467 g/mol. The fourth-order valence-electron chi connectivity index (χ4n) is 3.91. The Kier molecular flexibility index (Phi) is 6.47. The summed E-state index contributed by atoms with van der Waals surface area (Å²) in [5.41, 5.74) is 4.51. The van der Waals surface area contributed by atoms with Gasteiger partial charge in [-0.15, -0.1) is 0 Å². The first-order valence-electron chi connectivity index (χ1n) is 10.8. The van der Waals surface area contributed by atoms with Gasteiger partial charge < -0.3 is 19.5 Å². The van der Waals surface area contributed by atoms with Crippen molar-refractivity contribution in [2.45, 2.75) is 33.7 Å². The van der Waals surface area contributed by atoms with Gasteiger partial charge in [-0.05, 0) is 55.7 Å². The fourth-order valence-corrected chi connectivity index (χ4v) is 4.24. The predicted octanol–water partition coefficient (Wildman–Crippen LogP) is 5.51. The van der Waals surface area contributed by atoms with Crippen LogP contribution in [0.4, 0.5) is 4.39 Å². The lowest BCUT2D eigenvalue weighted by molar-refractivity contribution is 0.385. The highest BCUT2D eigenvalue weighted by molar-refractivity contribution is 7.80. The molecule has 3 aromatic rings. The van der Waals surface area contributed by atoms with Crippen molar-refractivity contribution in [2.24, 2.45) is 5.92 Å². The van der Waals surface area contributed by atoms with Crippen LogP contribution in [-0.4, -0.2) is 33.8 Å². The van der Waals surface area contributed by atoms with Crippen molar-refractivity contribution in [1.29, 1.82) is 0 Å². The number of rotatable bonds is 6. The molecule has 1 atom stereocenters. The maximum Gasteiger partial charge on any atom is 0.258 e. The van der Waals surface area contributed by atoms with Crippen LogP contribution in [0, 0.1) is 18.7 Å². The van der Waals surface area contributed by atoms with Crippen LogP contribution in [0.25, 0.3) is 17.0 Å². The van der Waals surface area contributed by atoms with Crippen molar-refractivity contribution in [3.63, 3.8) is 0 Å². The van der Waals surface area contributed by atoms with Gasteiger partial charge >= 0.3 is 0 Å². The number of thiocarbonyl (C=S) groups is 1. The van der Waals surface area contributed by atoms with E-state index in [0.29, 0.717) is 28.3 Å². The molecule has 0 fully saturated rings. The van der Waals surface area contributed by atoms with Gasteiger partial charge in [0.15, 0.2) is 16.7 Å². The van der Waals surface area contributed by atoms with Gasteiger partial charge in [0.2, 0.25) is 5.82 Å². The first-order chi connectivity index (χ1) is 15.8. The minimum atomic E-state index is -0.484. The molecule has 0 saturated carbocycles. The van der Waals surface area contributed by atoms with Crippen molar-refractivity contribution in [1.82, 2.24) is 20.4 Å². The van der Waals surface area contributed by atoms with Crippen molar-refractivity contribution in [2.75, 3.05) is 13.7 Å². The minimum Gasteiger partial charge on any atom is -0.494 e. The molecule has 0 spiro atoms. The Morgan fingerprint density at radius 3 is 2.55 bits per heavy atom.